The summed E-state index contributed by atoms with van der Waals surface area (Å²) in [5.74, 6) is -0.368. The topological polar surface area (TPSA) is 66.3 Å². The van der Waals surface area contributed by atoms with Crippen LogP contribution < -0.4 is 10.6 Å². The number of aliphatic hydroxyl groups excluding tert-OH is 1. The molecule has 0 bridgehead atoms. The van der Waals surface area contributed by atoms with Crippen molar-refractivity contribution in [2.75, 3.05) is 11.9 Å². The monoisotopic (exact) mass is 327 g/mol. The van der Waals surface area contributed by atoms with Gasteiger partial charge in [-0.05, 0) is 53.4 Å². The van der Waals surface area contributed by atoms with E-state index < -0.39 is 12.1 Å². The SMILES string of the molecule is Cn1ccc2cc(C(O)CNC(=O)Nc3ccc(F)cc3)ccc21. The number of amides is 2. The molecular weight excluding hydrogens is 309 g/mol. The van der Waals surface area contributed by atoms with Gasteiger partial charge in [0.15, 0.2) is 0 Å². The molecule has 3 N–H and O–H groups in total. The quantitative estimate of drug-likeness (QED) is 0.689. The molecule has 0 fully saturated rings. The summed E-state index contributed by atoms with van der Waals surface area (Å²) < 4.78 is 14.8. The van der Waals surface area contributed by atoms with Crippen molar-refractivity contribution in [3.63, 3.8) is 0 Å². The lowest BCUT2D eigenvalue weighted by molar-refractivity contribution is 0.175. The van der Waals surface area contributed by atoms with Crippen LogP contribution in [0.2, 0.25) is 0 Å². The molecule has 1 aromatic heterocycles. The van der Waals surface area contributed by atoms with E-state index in [9.17, 15) is 14.3 Å². The normalized spacial score (nSPS) is 12.1. The van der Waals surface area contributed by atoms with Gasteiger partial charge in [-0.3, -0.25) is 0 Å². The van der Waals surface area contributed by atoms with Crippen molar-refractivity contribution in [2.45, 2.75) is 6.10 Å². The second kappa shape index (κ2) is 6.72. The van der Waals surface area contributed by atoms with Crippen molar-refractivity contribution in [1.82, 2.24) is 9.88 Å². The van der Waals surface area contributed by atoms with Crippen molar-refractivity contribution >= 4 is 22.6 Å². The van der Waals surface area contributed by atoms with E-state index in [0.29, 0.717) is 5.69 Å². The number of benzene rings is 2. The zero-order chi connectivity index (χ0) is 17.1. The minimum Gasteiger partial charge on any atom is -0.387 e. The lowest BCUT2D eigenvalue weighted by Gasteiger charge is -2.13. The molecule has 2 amide bonds. The van der Waals surface area contributed by atoms with Gasteiger partial charge < -0.3 is 20.3 Å². The average molecular weight is 327 g/mol. The first-order valence-electron chi connectivity index (χ1n) is 7.56. The fourth-order valence-electron chi connectivity index (χ4n) is 2.52. The number of rotatable bonds is 4. The summed E-state index contributed by atoms with van der Waals surface area (Å²) in [5.41, 5.74) is 2.29. The predicted molar refractivity (Wildman–Crippen MR) is 91.3 cm³/mol. The molecule has 6 heteroatoms. The summed E-state index contributed by atoms with van der Waals surface area (Å²) >= 11 is 0. The smallest absolute Gasteiger partial charge is 0.319 e. The summed E-state index contributed by atoms with van der Waals surface area (Å²) in [6.45, 7) is 0.0748. The Bertz CT molecular complexity index is 858. The molecule has 3 aromatic rings. The number of hydrogen-bond donors (Lipinski definition) is 3. The van der Waals surface area contributed by atoms with E-state index in [0.717, 1.165) is 16.5 Å². The zero-order valence-electron chi connectivity index (χ0n) is 13.2. The lowest BCUT2D eigenvalue weighted by Crippen LogP contribution is -2.32. The highest BCUT2D eigenvalue weighted by molar-refractivity contribution is 5.89. The van der Waals surface area contributed by atoms with Crippen molar-refractivity contribution < 1.29 is 14.3 Å². The van der Waals surface area contributed by atoms with Gasteiger partial charge in [0.2, 0.25) is 0 Å². The molecule has 0 saturated heterocycles. The van der Waals surface area contributed by atoms with E-state index in [4.69, 9.17) is 0 Å². The molecule has 0 aliphatic heterocycles. The molecule has 0 spiro atoms. The van der Waals surface area contributed by atoms with Crippen LogP contribution in [0, 0.1) is 5.82 Å². The Morgan fingerprint density at radius 3 is 2.71 bits per heavy atom. The Kier molecular flexibility index (Phi) is 4.48. The summed E-state index contributed by atoms with van der Waals surface area (Å²) in [6.07, 6.45) is 1.14. The molecule has 3 rings (SSSR count). The van der Waals surface area contributed by atoms with E-state index in [2.05, 4.69) is 10.6 Å². The van der Waals surface area contributed by atoms with Crippen LogP contribution in [0.3, 0.4) is 0 Å². The van der Waals surface area contributed by atoms with Gasteiger partial charge in [0.25, 0.3) is 0 Å². The number of nitrogens with one attached hydrogen (secondary N) is 2. The molecule has 0 aliphatic rings. The Morgan fingerprint density at radius 1 is 1.21 bits per heavy atom. The molecule has 5 nitrogen and oxygen atoms in total. The average Bonchev–Trinajstić information content (AvgIpc) is 2.95. The molecule has 1 heterocycles. The third kappa shape index (κ3) is 3.55. The van der Waals surface area contributed by atoms with Gasteiger partial charge in [-0.1, -0.05) is 6.07 Å². The molecule has 1 atom stereocenters. The first-order chi connectivity index (χ1) is 11.5. The summed E-state index contributed by atoms with van der Waals surface area (Å²) in [7, 11) is 1.96. The number of fused-ring (bicyclic) bond motifs is 1. The molecule has 124 valence electrons. The fourth-order valence-corrected chi connectivity index (χ4v) is 2.52. The molecule has 0 radical (unpaired) electrons. The Hall–Kier alpha value is -2.86. The maximum Gasteiger partial charge on any atom is 0.319 e. The van der Waals surface area contributed by atoms with Gasteiger partial charge in [0.05, 0.1) is 6.10 Å². The van der Waals surface area contributed by atoms with Gasteiger partial charge >= 0.3 is 6.03 Å². The third-order valence-corrected chi connectivity index (χ3v) is 3.85. The van der Waals surface area contributed by atoms with Crippen LogP contribution in [-0.4, -0.2) is 22.2 Å². The van der Waals surface area contributed by atoms with Gasteiger partial charge in [-0.15, -0.1) is 0 Å². The highest BCUT2D eigenvalue weighted by atomic mass is 19.1. The number of urea groups is 1. The van der Waals surface area contributed by atoms with Gasteiger partial charge in [0.1, 0.15) is 5.82 Å². The summed E-state index contributed by atoms with van der Waals surface area (Å²) in [5, 5.41) is 16.4. The van der Waals surface area contributed by atoms with E-state index in [-0.39, 0.29) is 12.4 Å². The van der Waals surface area contributed by atoms with Crippen LogP contribution in [0.4, 0.5) is 14.9 Å². The predicted octanol–water partition coefficient (Wildman–Crippen LogP) is 3.17. The molecule has 24 heavy (non-hydrogen) atoms. The van der Waals surface area contributed by atoms with Crippen molar-refractivity contribution in [3.8, 4) is 0 Å². The van der Waals surface area contributed by atoms with Crippen LogP contribution in [0.15, 0.2) is 54.7 Å². The summed E-state index contributed by atoms with van der Waals surface area (Å²) in [6, 6.07) is 12.7. The number of carbonyl (C=O) groups excluding carboxylic acids is 1. The van der Waals surface area contributed by atoms with E-state index in [1.165, 1.54) is 24.3 Å². The second-order valence-electron chi connectivity index (χ2n) is 5.60. The largest absolute Gasteiger partial charge is 0.387 e. The van der Waals surface area contributed by atoms with Crippen LogP contribution in [0.25, 0.3) is 10.9 Å². The number of aliphatic hydroxyl groups is 1. The highest BCUT2D eigenvalue weighted by Crippen LogP contribution is 2.20. The van der Waals surface area contributed by atoms with Crippen molar-refractivity contribution in [1.29, 1.82) is 0 Å². The molecule has 1 unspecified atom stereocenters. The van der Waals surface area contributed by atoms with Crippen molar-refractivity contribution in [3.05, 3.63) is 66.1 Å². The number of anilines is 1. The standard InChI is InChI=1S/C18H18FN3O2/c1-22-9-8-12-10-13(2-7-16(12)22)17(23)11-20-18(24)21-15-5-3-14(19)4-6-15/h2-10,17,23H,11H2,1H3,(H2,20,21,24). The zero-order valence-corrected chi connectivity index (χ0v) is 13.2. The number of aromatic nitrogens is 1. The molecule has 0 saturated carbocycles. The minimum absolute atomic E-state index is 0.0748. The fraction of sp³-hybridized carbons (Fsp3) is 0.167. The van der Waals surface area contributed by atoms with Gasteiger partial charge in [-0.25, -0.2) is 9.18 Å². The maximum absolute atomic E-state index is 12.8. The van der Waals surface area contributed by atoms with Crippen LogP contribution >= 0.6 is 0 Å². The number of carbonyl (C=O) groups is 1. The second-order valence-corrected chi connectivity index (χ2v) is 5.60. The first kappa shape index (κ1) is 16.0. The number of aryl methyl sites for hydroxylation is 1. The van der Waals surface area contributed by atoms with E-state index in [1.807, 2.05) is 42.1 Å². The molecule has 2 aromatic carbocycles. The highest BCUT2D eigenvalue weighted by Gasteiger charge is 2.11. The van der Waals surface area contributed by atoms with Crippen LogP contribution in [0.5, 0.6) is 0 Å². The van der Waals surface area contributed by atoms with Gasteiger partial charge in [-0.2, -0.15) is 0 Å². The number of halogens is 1. The molecule has 0 aliphatic carbocycles. The van der Waals surface area contributed by atoms with Gasteiger partial charge in [0, 0.05) is 31.0 Å². The minimum atomic E-state index is -0.812. The maximum atomic E-state index is 12.8. The van der Waals surface area contributed by atoms with Crippen LogP contribution in [-0.2, 0) is 7.05 Å². The van der Waals surface area contributed by atoms with Crippen LogP contribution in [0.1, 0.15) is 11.7 Å². The number of hydrogen-bond acceptors (Lipinski definition) is 2. The van der Waals surface area contributed by atoms with E-state index >= 15 is 0 Å². The van der Waals surface area contributed by atoms with E-state index in [1.54, 1.807) is 0 Å². The Balaban J connectivity index is 1.58. The molecular formula is C18H18FN3O2. The summed E-state index contributed by atoms with van der Waals surface area (Å²) in [4.78, 5) is 11.8. The lowest BCUT2D eigenvalue weighted by atomic mass is 10.1. The first-order valence-corrected chi connectivity index (χ1v) is 7.56. The van der Waals surface area contributed by atoms with Crippen molar-refractivity contribution in [2.24, 2.45) is 7.05 Å². The Labute approximate surface area is 138 Å². The Morgan fingerprint density at radius 2 is 1.96 bits per heavy atom. The third-order valence-electron chi connectivity index (χ3n) is 3.85. The number of nitrogens with zero attached hydrogens (tertiary/aromatic N) is 1.